The van der Waals surface area contributed by atoms with Gasteiger partial charge in [-0.15, -0.1) is 0 Å². The predicted molar refractivity (Wildman–Crippen MR) is 97.2 cm³/mol. The fourth-order valence-corrected chi connectivity index (χ4v) is 2.98. The maximum absolute atomic E-state index is 12.3. The zero-order valence-corrected chi connectivity index (χ0v) is 14.3. The fourth-order valence-electron chi connectivity index (χ4n) is 2.35. The molecule has 0 aliphatic heterocycles. The number of sulfone groups is 1. The Balaban J connectivity index is 1.79. The van der Waals surface area contributed by atoms with Crippen molar-refractivity contribution in [1.29, 1.82) is 0 Å². The summed E-state index contributed by atoms with van der Waals surface area (Å²) >= 11 is 0. The van der Waals surface area contributed by atoms with Crippen LogP contribution >= 0.6 is 0 Å². The van der Waals surface area contributed by atoms with E-state index in [0.717, 1.165) is 17.5 Å². The van der Waals surface area contributed by atoms with Gasteiger partial charge in [-0.3, -0.25) is 9.78 Å². The molecule has 0 aliphatic carbocycles. The Kier molecular flexibility index (Phi) is 4.63. The van der Waals surface area contributed by atoms with Crippen LogP contribution in [0.15, 0.2) is 77.8 Å². The number of hydrogen-bond donors (Lipinski definition) is 1. The average Bonchev–Trinajstić information content (AvgIpc) is 2.62. The van der Waals surface area contributed by atoms with Gasteiger partial charge in [0, 0.05) is 29.3 Å². The van der Waals surface area contributed by atoms with Gasteiger partial charge >= 0.3 is 0 Å². The topological polar surface area (TPSA) is 76.1 Å². The fraction of sp³-hybridized carbons (Fsp3) is 0.0526. The molecule has 0 bridgehead atoms. The highest BCUT2D eigenvalue weighted by atomic mass is 32.2. The number of anilines is 1. The van der Waals surface area contributed by atoms with Crippen LogP contribution in [0.25, 0.3) is 11.3 Å². The Morgan fingerprint density at radius 1 is 0.960 bits per heavy atom. The Morgan fingerprint density at radius 3 is 2.36 bits per heavy atom. The molecule has 1 N–H and O–H groups in total. The van der Waals surface area contributed by atoms with Gasteiger partial charge in [-0.25, -0.2) is 8.42 Å². The molecule has 0 aliphatic rings. The van der Waals surface area contributed by atoms with Crippen molar-refractivity contribution < 1.29 is 13.2 Å². The second-order valence-corrected chi connectivity index (χ2v) is 7.56. The summed E-state index contributed by atoms with van der Waals surface area (Å²) in [5.74, 6) is -0.307. The van der Waals surface area contributed by atoms with Crippen molar-refractivity contribution in [3.63, 3.8) is 0 Å². The van der Waals surface area contributed by atoms with E-state index in [1.807, 2.05) is 36.4 Å². The number of hydrogen-bond acceptors (Lipinski definition) is 4. The largest absolute Gasteiger partial charge is 0.322 e. The Morgan fingerprint density at radius 2 is 1.72 bits per heavy atom. The van der Waals surface area contributed by atoms with E-state index >= 15 is 0 Å². The summed E-state index contributed by atoms with van der Waals surface area (Å²) in [6.07, 6.45) is 2.84. The number of carbonyl (C=O) groups is 1. The number of nitrogens with zero attached hydrogens (tertiary/aromatic N) is 1. The van der Waals surface area contributed by atoms with E-state index in [0.29, 0.717) is 11.3 Å². The van der Waals surface area contributed by atoms with Gasteiger partial charge in [-0.05, 0) is 48.5 Å². The number of benzene rings is 2. The molecular weight excluding hydrogens is 336 g/mol. The summed E-state index contributed by atoms with van der Waals surface area (Å²) < 4.78 is 22.9. The lowest BCUT2D eigenvalue weighted by molar-refractivity contribution is 0.102. The summed E-state index contributed by atoms with van der Waals surface area (Å²) in [5, 5.41) is 2.81. The first kappa shape index (κ1) is 16.9. The number of rotatable bonds is 4. The highest BCUT2D eigenvalue weighted by Gasteiger charge is 2.10. The van der Waals surface area contributed by atoms with Crippen LogP contribution in [0, 0.1) is 0 Å². The number of pyridine rings is 1. The molecule has 6 heteroatoms. The first-order chi connectivity index (χ1) is 11.9. The SMILES string of the molecule is CS(=O)(=O)c1ccc(C(=O)Nc2cccc(-c3ccccn3)c2)cc1. The number of carbonyl (C=O) groups excluding carboxylic acids is 1. The summed E-state index contributed by atoms with van der Waals surface area (Å²) in [6, 6.07) is 18.9. The molecule has 126 valence electrons. The highest BCUT2D eigenvalue weighted by Crippen LogP contribution is 2.21. The molecule has 0 saturated heterocycles. The van der Waals surface area contributed by atoms with E-state index in [2.05, 4.69) is 10.3 Å². The van der Waals surface area contributed by atoms with Gasteiger partial charge < -0.3 is 5.32 Å². The normalized spacial score (nSPS) is 11.1. The monoisotopic (exact) mass is 352 g/mol. The molecule has 0 atom stereocenters. The van der Waals surface area contributed by atoms with Crippen molar-refractivity contribution >= 4 is 21.4 Å². The summed E-state index contributed by atoms with van der Waals surface area (Å²) in [4.78, 5) is 16.8. The molecule has 0 saturated carbocycles. The molecule has 1 heterocycles. The predicted octanol–water partition coefficient (Wildman–Crippen LogP) is 3.40. The molecule has 0 fully saturated rings. The summed E-state index contributed by atoms with van der Waals surface area (Å²) in [7, 11) is -3.28. The Labute approximate surface area is 146 Å². The first-order valence-corrected chi connectivity index (χ1v) is 9.45. The van der Waals surface area contributed by atoms with E-state index in [1.54, 1.807) is 12.3 Å². The van der Waals surface area contributed by atoms with Crippen molar-refractivity contribution in [2.24, 2.45) is 0 Å². The number of amides is 1. The van der Waals surface area contributed by atoms with Crippen molar-refractivity contribution in [2.45, 2.75) is 4.90 Å². The standard InChI is InChI=1S/C19H16N2O3S/c1-25(23,24)17-10-8-14(9-11-17)19(22)21-16-6-4-5-15(13-16)18-7-2-3-12-20-18/h2-13H,1H3,(H,21,22). The van der Waals surface area contributed by atoms with Crippen molar-refractivity contribution in [2.75, 3.05) is 11.6 Å². The van der Waals surface area contributed by atoms with Crippen LogP contribution in [0.3, 0.4) is 0 Å². The summed E-state index contributed by atoms with van der Waals surface area (Å²) in [5.41, 5.74) is 2.73. The lowest BCUT2D eigenvalue weighted by Gasteiger charge is -2.08. The third-order valence-corrected chi connectivity index (χ3v) is 4.75. The van der Waals surface area contributed by atoms with E-state index in [9.17, 15) is 13.2 Å². The molecule has 3 aromatic rings. The van der Waals surface area contributed by atoms with Crippen molar-refractivity contribution in [3.05, 3.63) is 78.5 Å². The van der Waals surface area contributed by atoms with Crippen LogP contribution in [0.4, 0.5) is 5.69 Å². The maximum Gasteiger partial charge on any atom is 0.255 e. The lowest BCUT2D eigenvalue weighted by Crippen LogP contribution is -2.12. The highest BCUT2D eigenvalue weighted by molar-refractivity contribution is 7.90. The van der Waals surface area contributed by atoms with Gasteiger partial charge in [0.25, 0.3) is 5.91 Å². The van der Waals surface area contributed by atoms with Gasteiger partial charge in [0.1, 0.15) is 0 Å². The zero-order chi connectivity index (χ0) is 17.9. The summed E-state index contributed by atoms with van der Waals surface area (Å²) in [6.45, 7) is 0. The van der Waals surface area contributed by atoms with Crippen molar-refractivity contribution in [1.82, 2.24) is 4.98 Å². The molecule has 3 rings (SSSR count). The Hall–Kier alpha value is -2.99. The van der Waals surface area contributed by atoms with Crippen molar-refractivity contribution in [3.8, 4) is 11.3 Å². The first-order valence-electron chi connectivity index (χ1n) is 7.56. The van der Waals surface area contributed by atoms with Crippen LogP contribution in [0.1, 0.15) is 10.4 Å². The molecule has 2 aromatic carbocycles. The van der Waals surface area contributed by atoms with E-state index in [-0.39, 0.29) is 10.8 Å². The minimum Gasteiger partial charge on any atom is -0.322 e. The minimum absolute atomic E-state index is 0.182. The third kappa shape index (κ3) is 4.10. The molecule has 5 nitrogen and oxygen atoms in total. The van der Waals surface area contributed by atoms with Gasteiger partial charge in [-0.1, -0.05) is 18.2 Å². The van der Waals surface area contributed by atoms with Gasteiger partial charge in [0.2, 0.25) is 0 Å². The Bertz CT molecular complexity index is 998. The second-order valence-electron chi connectivity index (χ2n) is 5.55. The van der Waals surface area contributed by atoms with Gasteiger partial charge in [0.15, 0.2) is 9.84 Å². The molecule has 25 heavy (non-hydrogen) atoms. The van der Waals surface area contributed by atoms with Crippen LogP contribution < -0.4 is 5.32 Å². The smallest absolute Gasteiger partial charge is 0.255 e. The van der Waals surface area contributed by atoms with Crippen LogP contribution in [-0.4, -0.2) is 25.6 Å². The molecule has 0 unspecified atom stereocenters. The second kappa shape index (κ2) is 6.86. The number of aromatic nitrogens is 1. The van der Waals surface area contributed by atoms with Crippen LogP contribution in [0.2, 0.25) is 0 Å². The number of nitrogens with one attached hydrogen (secondary N) is 1. The van der Waals surface area contributed by atoms with E-state index < -0.39 is 9.84 Å². The molecular formula is C19H16N2O3S. The van der Waals surface area contributed by atoms with E-state index in [1.165, 1.54) is 24.3 Å². The molecule has 0 spiro atoms. The quantitative estimate of drug-likeness (QED) is 0.781. The minimum atomic E-state index is -3.28. The molecule has 1 amide bonds. The molecule has 1 aromatic heterocycles. The average molecular weight is 352 g/mol. The molecule has 0 radical (unpaired) electrons. The van der Waals surface area contributed by atoms with Gasteiger partial charge in [-0.2, -0.15) is 0 Å². The maximum atomic E-state index is 12.3. The zero-order valence-electron chi connectivity index (χ0n) is 13.5. The van der Waals surface area contributed by atoms with Gasteiger partial charge in [0.05, 0.1) is 10.6 Å². The van der Waals surface area contributed by atoms with Crippen LogP contribution in [-0.2, 0) is 9.84 Å². The van der Waals surface area contributed by atoms with E-state index in [4.69, 9.17) is 0 Å². The van der Waals surface area contributed by atoms with Crippen LogP contribution in [0.5, 0.6) is 0 Å². The third-order valence-electron chi connectivity index (χ3n) is 3.63. The lowest BCUT2D eigenvalue weighted by atomic mass is 10.1.